The van der Waals surface area contributed by atoms with E-state index >= 15 is 0 Å². The maximum Gasteiger partial charge on any atom is 0.0731 e. The zero-order valence-electron chi connectivity index (χ0n) is 11.4. The highest BCUT2D eigenvalue weighted by atomic mass is 79.9. The monoisotopic (exact) mass is 349 g/mol. The fourth-order valence-electron chi connectivity index (χ4n) is 2.41. The van der Waals surface area contributed by atoms with Crippen molar-refractivity contribution in [2.75, 3.05) is 0 Å². The van der Waals surface area contributed by atoms with Crippen LogP contribution in [0.15, 0.2) is 34.1 Å². The van der Waals surface area contributed by atoms with Gasteiger partial charge in [-0.2, -0.15) is 5.10 Å². The largest absolute Gasteiger partial charge is 0.323 e. The van der Waals surface area contributed by atoms with E-state index in [9.17, 15) is 0 Å². The average molecular weight is 350 g/mol. The molecule has 0 aliphatic rings. The van der Waals surface area contributed by atoms with Crippen LogP contribution in [0, 0.1) is 6.92 Å². The van der Waals surface area contributed by atoms with Crippen LogP contribution >= 0.6 is 27.3 Å². The molecule has 2 heterocycles. The third-order valence-electron chi connectivity index (χ3n) is 3.49. The van der Waals surface area contributed by atoms with Gasteiger partial charge in [-0.1, -0.05) is 18.2 Å². The smallest absolute Gasteiger partial charge is 0.0731 e. The van der Waals surface area contributed by atoms with Crippen molar-refractivity contribution >= 4 is 38.2 Å². The molecular weight excluding hydrogens is 334 g/mol. The Labute approximate surface area is 130 Å². The third-order valence-corrected chi connectivity index (χ3v) is 5.76. The van der Waals surface area contributed by atoms with E-state index in [2.05, 4.69) is 46.2 Å². The van der Waals surface area contributed by atoms with Crippen LogP contribution in [0.2, 0.25) is 0 Å². The summed E-state index contributed by atoms with van der Waals surface area (Å²) >= 11 is 5.27. The number of benzene rings is 1. The zero-order valence-corrected chi connectivity index (χ0v) is 13.8. The molecule has 0 aliphatic carbocycles. The van der Waals surface area contributed by atoms with Crippen LogP contribution in [0.5, 0.6) is 0 Å². The second-order valence-corrected chi connectivity index (χ2v) is 7.41. The summed E-state index contributed by atoms with van der Waals surface area (Å²) in [6, 6.07) is 10.4. The quantitative estimate of drug-likeness (QED) is 0.777. The van der Waals surface area contributed by atoms with Crippen molar-refractivity contribution in [2.24, 2.45) is 12.8 Å². The van der Waals surface area contributed by atoms with Gasteiger partial charge in [-0.3, -0.25) is 4.68 Å². The lowest BCUT2D eigenvalue weighted by molar-refractivity contribution is 0.691. The molecule has 3 nitrogen and oxygen atoms in total. The van der Waals surface area contributed by atoms with Gasteiger partial charge in [0.15, 0.2) is 0 Å². The molecule has 0 bridgehead atoms. The fraction of sp³-hybridized carbons (Fsp3) is 0.267. The van der Waals surface area contributed by atoms with Crippen molar-refractivity contribution in [3.05, 3.63) is 50.3 Å². The fourth-order valence-corrected chi connectivity index (χ4v) is 3.99. The van der Waals surface area contributed by atoms with E-state index in [4.69, 9.17) is 5.73 Å². The highest BCUT2D eigenvalue weighted by Crippen LogP contribution is 2.32. The molecule has 0 amide bonds. The number of nitrogens with zero attached hydrogens (tertiary/aromatic N) is 2. The van der Waals surface area contributed by atoms with E-state index < -0.39 is 0 Å². The van der Waals surface area contributed by atoms with E-state index in [1.54, 1.807) is 11.3 Å². The van der Waals surface area contributed by atoms with Gasteiger partial charge in [-0.15, -0.1) is 11.3 Å². The Balaban J connectivity index is 1.93. The molecule has 3 aromatic rings. The first-order valence-electron chi connectivity index (χ1n) is 6.48. The number of para-hydroxylation sites is 1. The molecule has 0 radical (unpaired) electrons. The van der Waals surface area contributed by atoms with Crippen molar-refractivity contribution in [3.63, 3.8) is 0 Å². The molecule has 104 valence electrons. The second kappa shape index (κ2) is 5.31. The molecule has 0 saturated carbocycles. The maximum atomic E-state index is 6.35. The van der Waals surface area contributed by atoms with Gasteiger partial charge >= 0.3 is 0 Å². The summed E-state index contributed by atoms with van der Waals surface area (Å²) in [4.78, 5) is 1.20. The molecule has 0 fully saturated rings. The molecule has 5 heteroatoms. The van der Waals surface area contributed by atoms with E-state index in [0.717, 1.165) is 21.4 Å². The average Bonchev–Trinajstić information content (AvgIpc) is 2.92. The molecular formula is C15H16BrN3S. The van der Waals surface area contributed by atoms with Crippen LogP contribution in [0.1, 0.15) is 22.2 Å². The number of rotatable bonds is 3. The second-order valence-electron chi connectivity index (χ2n) is 5.00. The lowest BCUT2D eigenvalue weighted by atomic mass is 10.1. The lowest BCUT2D eigenvalue weighted by Crippen LogP contribution is -2.12. The molecule has 0 spiro atoms. The number of fused-ring (bicyclic) bond motifs is 1. The number of aromatic nitrogens is 2. The van der Waals surface area contributed by atoms with Crippen molar-refractivity contribution in [2.45, 2.75) is 19.4 Å². The van der Waals surface area contributed by atoms with E-state index in [0.29, 0.717) is 0 Å². The first kappa shape index (κ1) is 13.8. The van der Waals surface area contributed by atoms with Crippen LogP contribution in [0.25, 0.3) is 10.9 Å². The number of hydrogen-bond donors (Lipinski definition) is 1. The lowest BCUT2D eigenvalue weighted by Gasteiger charge is -2.07. The molecule has 1 unspecified atom stereocenters. The Morgan fingerprint density at radius 3 is 2.85 bits per heavy atom. The van der Waals surface area contributed by atoms with Gasteiger partial charge in [0, 0.05) is 29.8 Å². The van der Waals surface area contributed by atoms with Crippen molar-refractivity contribution in [1.29, 1.82) is 0 Å². The summed E-state index contributed by atoms with van der Waals surface area (Å²) in [6.45, 7) is 2.09. The van der Waals surface area contributed by atoms with Gasteiger partial charge in [-0.25, -0.2) is 0 Å². The Morgan fingerprint density at radius 1 is 1.40 bits per heavy atom. The highest BCUT2D eigenvalue weighted by Gasteiger charge is 2.16. The highest BCUT2D eigenvalue weighted by molar-refractivity contribution is 9.11. The van der Waals surface area contributed by atoms with E-state index in [1.165, 1.54) is 15.8 Å². The van der Waals surface area contributed by atoms with Gasteiger partial charge in [0.1, 0.15) is 0 Å². The number of hydrogen-bond acceptors (Lipinski definition) is 3. The predicted molar refractivity (Wildman–Crippen MR) is 88.1 cm³/mol. The van der Waals surface area contributed by atoms with Crippen LogP contribution in [-0.2, 0) is 13.5 Å². The molecule has 0 aliphatic heterocycles. The summed E-state index contributed by atoms with van der Waals surface area (Å²) in [5, 5.41) is 5.81. The minimum atomic E-state index is -0.0108. The molecule has 20 heavy (non-hydrogen) atoms. The summed E-state index contributed by atoms with van der Waals surface area (Å²) in [6.07, 6.45) is 0.758. The number of nitrogens with two attached hydrogens (primary N) is 1. The van der Waals surface area contributed by atoms with Crippen molar-refractivity contribution < 1.29 is 0 Å². The molecule has 2 aromatic heterocycles. The Bertz CT molecular complexity index is 740. The predicted octanol–water partition coefficient (Wildman–Crippen LogP) is 3.95. The molecule has 0 saturated heterocycles. The number of halogens is 1. The maximum absolute atomic E-state index is 6.35. The first-order valence-corrected chi connectivity index (χ1v) is 8.09. The van der Waals surface area contributed by atoms with Gasteiger partial charge in [-0.05, 0) is 40.5 Å². The van der Waals surface area contributed by atoms with Gasteiger partial charge in [0.25, 0.3) is 0 Å². The van der Waals surface area contributed by atoms with Crippen LogP contribution in [-0.4, -0.2) is 9.78 Å². The molecule has 1 atom stereocenters. The third kappa shape index (κ3) is 2.41. The van der Waals surface area contributed by atoms with E-state index in [-0.39, 0.29) is 6.04 Å². The number of thiophene rings is 1. The van der Waals surface area contributed by atoms with Crippen molar-refractivity contribution in [3.8, 4) is 0 Å². The van der Waals surface area contributed by atoms with Gasteiger partial charge < -0.3 is 5.73 Å². The zero-order chi connectivity index (χ0) is 14.3. The summed E-state index contributed by atoms with van der Waals surface area (Å²) < 4.78 is 3.08. The van der Waals surface area contributed by atoms with Crippen LogP contribution in [0.3, 0.4) is 0 Å². The van der Waals surface area contributed by atoms with E-state index in [1.807, 2.05) is 23.9 Å². The Hall–Kier alpha value is -1.17. The van der Waals surface area contributed by atoms with Crippen LogP contribution in [0.4, 0.5) is 0 Å². The molecule has 1 aromatic carbocycles. The van der Waals surface area contributed by atoms with Crippen molar-refractivity contribution in [1.82, 2.24) is 9.78 Å². The Kier molecular flexibility index (Phi) is 3.67. The van der Waals surface area contributed by atoms with Crippen LogP contribution < -0.4 is 5.73 Å². The SMILES string of the molecule is Cc1cc(C(N)Cc2nn(C)c3ccccc23)sc1Br. The topological polar surface area (TPSA) is 43.8 Å². The Morgan fingerprint density at radius 2 is 2.15 bits per heavy atom. The normalized spacial score (nSPS) is 13.0. The molecule has 3 rings (SSSR count). The first-order chi connectivity index (χ1) is 9.56. The minimum absolute atomic E-state index is 0.0108. The summed E-state index contributed by atoms with van der Waals surface area (Å²) in [5.74, 6) is 0. The van der Waals surface area contributed by atoms with Gasteiger partial charge in [0.05, 0.1) is 15.0 Å². The summed E-state index contributed by atoms with van der Waals surface area (Å²) in [5.41, 5.74) is 9.81. The number of aryl methyl sites for hydroxylation is 2. The summed E-state index contributed by atoms with van der Waals surface area (Å²) in [7, 11) is 1.98. The molecule has 2 N–H and O–H groups in total. The van der Waals surface area contributed by atoms with Gasteiger partial charge in [0.2, 0.25) is 0 Å². The standard InChI is InChI=1S/C15H16BrN3S/c1-9-7-14(20-15(9)16)11(17)8-12-10-5-3-4-6-13(10)19(2)18-12/h3-7,11H,8,17H2,1-2H3. The minimum Gasteiger partial charge on any atom is -0.323 e.